The topological polar surface area (TPSA) is 43.6 Å². The van der Waals surface area contributed by atoms with Crippen LogP contribution in [0.4, 0.5) is 0 Å². The molecule has 128 valence electrons. The summed E-state index contributed by atoms with van der Waals surface area (Å²) in [4.78, 5) is 17.1. The number of ether oxygens (including phenoxy) is 1. The number of aromatic nitrogens is 1. The number of nitrogens with zero attached hydrogens (tertiary/aromatic N) is 2. The zero-order chi connectivity index (χ0) is 18.0. The maximum atomic E-state index is 12.2. The first kappa shape index (κ1) is 17.5. The van der Waals surface area contributed by atoms with Gasteiger partial charge in [0.1, 0.15) is 11.3 Å². The molecule has 0 aliphatic heterocycles. The van der Waals surface area contributed by atoms with Crippen LogP contribution in [0.1, 0.15) is 11.1 Å². The first-order chi connectivity index (χ1) is 12.0. The van der Waals surface area contributed by atoms with E-state index < -0.39 is 0 Å². The first-order valence-electron chi connectivity index (χ1n) is 7.65. The number of hydrogen-bond acceptors (Lipinski definition) is 3. The van der Waals surface area contributed by atoms with Gasteiger partial charge in [0.15, 0.2) is 4.80 Å². The lowest BCUT2D eigenvalue weighted by atomic mass is 10.2. The van der Waals surface area contributed by atoms with Gasteiger partial charge in [-0.05, 0) is 36.3 Å². The third-order valence-electron chi connectivity index (χ3n) is 3.84. The van der Waals surface area contributed by atoms with Crippen molar-refractivity contribution in [3.05, 3.63) is 63.4 Å². The fourth-order valence-electron chi connectivity index (χ4n) is 2.52. The highest BCUT2D eigenvalue weighted by molar-refractivity contribution is 7.16. The van der Waals surface area contributed by atoms with Crippen LogP contribution in [0, 0.1) is 6.92 Å². The number of thiazole rings is 1. The normalized spacial score (nSPS) is 12.2. The van der Waals surface area contributed by atoms with Crippen molar-refractivity contribution < 1.29 is 9.53 Å². The van der Waals surface area contributed by atoms with Crippen LogP contribution in [0.15, 0.2) is 47.5 Å². The molecule has 2 aromatic carbocycles. The highest BCUT2D eigenvalue weighted by atomic mass is 35.5. The van der Waals surface area contributed by atoms with Crippen LogP contribution in [-0.2, 0) is 11.8 Å². The van der Waals surface area contributed by atoms with Gasteiger partial charge in [-0.2, -0.15) is 4.99 Å². The molecule has 4 nitrogen and oxygen atoms in total. The maximum Gasteiger partial charge on any atom is 0.272 e. The average Bonchev–Trinajstić information content (AvgIpc) is 2.93. The summed E-state index contributed by atoms with van der Waals surface area (Å²) in [6.07, 6.45) is 3.10. The number of fused-ring (bicyclic) bond motifs is 1. The molecule has 6 heteroatoms. The van der Waals surface area contributed by atoms with E-state index in [-0.39, 0.29) is 5.91 Å². The fraction of sp³-hybridized carbons (Fsp3) is 0.158. The number of methoxy groups -OCH3 is 1. The van der Waals surface area contributed by atoms with Gasteiger partial charge in [-0.3, -0.25) is 4.79 Å². The number of amides is 1. The summed E-state index contributed by atoms with van der Waals surface area (Å²) in [6, 6.07) is 11.3. The van der Waals surface area contributed by atoms with Crippen LogP contribution in [-0.4, -0.2) is 17.6 Å². The number of hydrogen-bond donors (Lipinski definition) is 0. The van der Waals surface area contributed by atoms with Crippen molar-refractivity contribution in [2.75, 3.05) is 7.11 Å². The Balaban J connectivity index is 2.01. The number of rotatable bonds is 3. The molecule has 3 aromatic rings. The molecule has 0 unspecified atom stereocenters. The molecule has 0 saturated heterocycles. The van der Waals surface area contributed by atoms with Gasteiger partial charge in [-0.1, -0.05) is 47.2 Å². The molecule has 0 aliphatic rings. The van der Waals surface area contributed by atoms with Gasteiger partial charge in [-0.15, -0.1) is 0 Å². The molecular weight excluding hydrogens is 356 g/mol. The lowest BCUT2D eigenvalue weighted by Gasteiger charge is -2.05. The lowest BCUT2D eigenvalue weighted by molar-refractivity contribution is -0.113. The monoisotopic (exact) mass is 372 g/mol. The van der Waals surface area contributed by atoms with E-state index in [2.05, 4.69) is 4.99 Å². The summed E-state index contributed by atoms with van der Waals surface area (Å²) in [5.41, 5.74) is 2.84. The lowest BCUT2D eigenvalue weighted by Crippen LogP contribution is -2.12. The minimum absolute atomic E-state index is 0.335. The van der Waals surface area contributed by atoms with Crippen molar-refractivity contribution in [2.45, 2.75) is 6.92 Å². The van der Waals surface area contributed by atoms with E-state index in [9.17, 15) is 4.79 Å². The van der Waals surface area contributed by atoms with Crippen molar-refractivity contribution >= 4 is 45.1 Å². The predicted octanol–water partition coefficient (Wildman–Crippen LogP) is 4.35. The number of halogens is 1. The second-order valence-electron chi connectivity index (χ2n) is 5.51. The minimum atomic E-state index is -0.335. The van der Waals surface area contributed by atoms with Crippen LogP contribution in [0.2, 0.25) is 5.02 Å². The molecule has 0 bridgehead atoms. The van der Waals surface area contributed by atoms with E-state index >= 15 is 0 Å². The number of carbonyl (C=O) groups excluding carboxylic acids is 1. The van der Waals surface area contributed by atoms with Crippen molar-refractivity contribution in [1.82, 2.24) is 4.57 Å². The van der Waals surface area contributed by atoms with Crippen molar-refractivity contribution in [3.63, 3.8) is 0 Å². The molecule has 0 atom stereocenters. The SMILES string of the molecule is COc1ccc(C)c2sc(=NC(=O)C=Cc3ccccc3Cl)n(C)c12. The molecule has 0 aliphatic carbocycles. The Labute approximate surface area is 154 Å². The van der Waals surface area contributed by atoms with E-state index in [0.717, 1.165) is 27.1 Å². The van der Waals surface area contributed by atoms with E-state index in [1.165, 1.54) is 17.4 Å². The first-order valence-corrected chi connectivity index (χ1v) is 8.85. The van der Waals surface area contributed by atoms with Crippen LogP contribution in [0.3, 0.4) is 0 Å². The van der Waals surface area contributed by atoms with Crippen molar-refractivity contribution in [3.8, 4) is 5.75 Å². The Hall–Kier alpha value is -2.37. The molecule has 1 amide bonds. The molecule has 0 saturated carbocycles. The van der Waals surface area contributed by atoms with Gasteiger partial charge in [0, 0.05) is 18.1 Å². The average molecular weight is 373 g/mol. The zero-order valence-electron chi connectivity index (χ0n) is 14.1. The Morgan fingerprint density at radius 1 is 1.28 bits per heavy atom. The van der Waals surface area contributed by atoms with Crippen LogP contribution < -0.4 is 9.54 Å². The van der Waals surface area contributed by atoms with Gasteiger partial charge in [0.25, 0.3) is 5.91 Å². The third kappa shape index (κ3) is 3.52. The summed E-state index contributed by atoms with van der Waals surface area (Å²) < 4.78 is 8.37. The van der Waals surface area contributed by atoms with Gasteiger partial charge in [0.05, 0.1) is 11.8 Å². The molecule has 0 fully saturated rings. The molecule has 0 N–H and O–H groups in total. The van der Waals surface area contributed by atoms with Crippen LogP contribution >= 0.6 is 22.9 Å². The standard InChI is InChI=1S/C19H17ClN2O2S/c1-12-8-10-15(24-3)17-18(12)25-19(22(17)2)21-16(23)11-9-13-6-4-5-7-14(13)20/h4-11H,1-3H3. The summed E-state index contributed by atoms with van der Waals surface area (Å²) in [7, 11) is 3.51. The quantitative estimate of drug-likeness (QED) is 0.641. The second kappa shape index (κ2) is 7.25. The highest BCUT2D eigenvalue weighted by Gasteiger charge is 2.11. The highest BCUT2D eigenvalue weighted by Crippen LogP contribution is 2.29. The van der Waals surface area contributed by atoms with Crippen molar-refractivity contribution in [1.29, 1.82) is 0 Å². The maximum absolute atomic E-state index is 12.2. The second-order valence-corrected chi connectivity index (χ2v) is 6.90. The Bertz CT molecular complexity index is 1050. The molecule has 3 rings (SSSR count). The van der Waals surface area contributed by atoms with Gasteiger partial charge in [0.2, 0.25) is 0 Å². The van der Waals surface area contributed by atoms with Gasteiger partial charge >= 0.3 is 0 Å². The van der Waals surface area contributed by atoms with E-state index in [1.54, 1.807) is 19.3 Å². The largest absolute Gasteiger partial charge is 0.495 e. The third-order valence-corrected chi connectivity index (χ3v) is 5.45. The van der Waals surface area contributed by atoms with Gasteiger partial charge < -0.3 is 9.30 Å². The molecular formula is C19H17ClN2O2S. The van der Waals surface area contributed by atoms with Crippen LogP contribution in [0.5, 0.6) is 5.75 Å². The van der Waals surface area contributed by atoms with E-state index in [4.69, 9.17) is 16.3 Å². The summed E-state index contributed by atoms with van der Waals surface area (Å²) >= 11 is 7.56. The van der Waals surface area contributed by atoms with Gasteiger partial charge in [-0.25, -0.2) is 0 Å². The minimum Gasteiger partial charge on any atom is -0.495 e. The summed E-state index contributed by atoms with van der Waals surface area (Å²) in [6.45, 7) is 2.03. The van der Waals surface area contributed by atoms with E-state index in [0.29, 0.717) is 9.82 Å². The molecule has 1 aromatic heterocycles. The summed E-state index contributed by atoms with van der Waals surface area (Å²) in [5, 5.41) is 0.597. The fourth-order valence-corrected chi connectivity index (χ4v) is 3.83. The summed E-state index contributed by atoms with van der Waals surface area (Å²) in [5.74, 6) is 0.429. The Morgan fingerprint density at radius 3 is 2.76 bits per heavy atom. The Kier molecular flexibility index (Phi) is 5.06. The molecule has 1 heterocycles. The number of benzene rings is 2. The molecule has 0 radical (unpaired) electrons. The number of aryl methyl sites for hydroxylation is 2. The zero-order valence-corrected chi connectivity index (χ0v) is 15.7. The van der Waals surface area contributed by atoms with E-state index in [1.807, 2.05) is 48.9 Å². The predicted molar refractivity (Wildman–Crippen MR) is 103 cm³/mol. The number of carbonyl (C=O) groups is 1. The van der Waals surface area contributed by atoms with Crippen LogP contribution in [0.25, 0.3) is 16.3 Å². The Morgan fingerprint density at radius 2 is 2.04 bits per heavy atom. The smallest absolute Gasteiger partial charge is 0.272 e. The molecule has 25 heavy (non-hydrogen) atoms. The van der Waals surface area contributed by atoms with Crippen molar-refractivity contribution in [2.24, 2.45) is 12.0 Å². The molecule has 0 spiro atoms.